The van der Waals surface area contributed by atoms with Crippen molar-refractivity contribution in [2.75, 3.05) is 13.7 Å². The van der Waals surface area contributed by atoms with Crippen molar-refractivity contribution in [2.24, 2.45) is 0 Å². The maximum atomic E-state index is 5.05. The van der Waals surface area contributed by atoms with Crippen LogP contribution in [0.3, 0.4) is 0 Å². The van der Waals surface area contributed by atoms with Crippen molar-refractivity contribution < 1.29 is 4.74 Å². The van der Waals surface area contributed by atoms with Gasteiger partial charge in [0.15, 0.2) is 5.88 Å². The van der Waals surface area contributed by atoms with Crippen molar-refractivity contribution in [3.05, 3.63) is 12.0 Å². The summed E-state index contributed by atoms with van der Waals surface area (Å²) in [6, 6.07) is 0. The molecule has 0 bridgehead atoms. The molecule has 2 heteroatoms. The molecule has 0 atom stereocenters. The van der Waals surface area contributed by atoms with Gasteiger partial charge in [0.05, 0.1) is 6.61 Å². The predicted molar refractivity (Wildman–Crippen MR) is 27.7 cm³/mol. The molecule has 0 unspecified atom stereocenters. The van der Waals surface area contributed by atoms with Crippen LogP contribution in [0.15, 0.2) is 12.0 Å². The fourth-order valence-electron chi connectivity index (χ4n) is 0.592. The van der Waals surface area contributed by atoms with Crippen LogP contribution in [0.1, 0.15) is 6.42 Å². The van der Waals surface area contributed by atoms with E-state index in [0.717, 1.165) is 18.9 Å². The second-order valence-corrected chi connectivity index (χ2v) is 1.46. The van der Waals surface area contributed by atoms with Gasteiger partial charge in [0.25, 0.3) is 0 Å². The zero-order valence-corrected chi connectivity index (χ0v) is 4.40. The van der Waals surface area contributed by atoms with E-state index in [1.165, 1.54) is 0 Å². The van der Waals surface area contributed by atoms with E-state index < -0.39 is 0 Å². The Bertz CT molecular complexity index is 88.1. The van der Waals surface area contributed by atoms with Gasteiger partial charge in [-0.05, 0) is 6.08 Å². The summed E-state index contributed by atoms with van der Waals surface area (Å²) in [6.45, 7) is 0.843. The van der Waals surface area contributed by atoms with Crippen molar-refractivity contribution >= 4 is 0 Å². The maximum absolute atomic E-state index is 5.05. The van der Waals surface area contributed by atoms with Gasteiger partial charge in [0.1, 0.15) is 0 Å². The second-order valence-electron chi connectivity index (χ2n) is 1.46. The third kappa shape index (κ3) is 0.856. The smallest absolute Gasteiger partial charge is 0.182 e. The molecule has 0 amide bonds. The first kappa shape index (κ1) is 4.50. The van der Waals surface area contributed by atoms with Gasteiger partial charge >= 0.3 is 0 Å². The molecule has 0 aromatic carbocycles. The van der Waals surface area contributed by atoms with E-state index in [2.05, 4.69) is 5.32 Å². The van der Waals surface area contributed by atoms with Crippen molar-refractivity contribution in [1.29, 1.82) is 0 Å². The Morgan fingerprint density at radius 1 is 1.86 bits per heavy atom. The Hall–Kier alpha value is -0.660. The second kappa shape index (κ2) is 1.87. The molecule has 7 heavy (non-hydrogen) atoms. The van der Waals surface area contributed by atoms with Gasteiger partial charge in [0, 0.05) is 13.5 Å². The number of ether oxygens (including phenoxy) is 1. The molecule has 0 aromatic heterocycles. The van der Waals surface area contributed by atoms with E-state index in [4.69, 9.17) is 4.74 Å². The molecule has 0 fully saturated rings. The van der Waals surface area contributed by atoms with Gasteiger partial charge < -0.3 is 10.1 Å². The van der Waals surface area contributed by atoms with Crippen LogP contribution in [-0.4, -0.2) is 13.7 Å². The standard InChI is InChI=1S/C5H9NO/c1-6-5-3-2-4-7-5/h3,6H,2,4H2,1H3. The van der Waals surface area contributed by atoms with E-state index in [1.807, 2.05) is 13.1 Å². The summed E-state index contributed by atoms with van der Waals surface area (Å²) in [7, 11) is 1.86. The lowest BCUT2D eigenvalue weighted by Gasteiger charge is -1.98. The van der Waals surface area contributed by atoms with E-state index in [0.29, 0.717) is 0 Å². The van der Waals surface area contributed by atoms with Crippen molar-refractivity contribution in [2.45, 2.75) is 6.42 Å². The molecule has 0 aliphatic carbocycles. The van der Waals surface area contributed by atoms with Crippen LogP contribution in [0.25, 0.3) is 0 Å². The fraction of sp³-hybridized carbons (Fsp3) is 0.600. The van der Waals surface area contributed by atoms with Crippen LogP contribution in [0.5, 0.6) is 0 Å². The average Bonchev–Trinajstić information content (AvgIpc) is 2.14. The van der Waals surface area contributed by atoms with Crippen LogP contribution < -0.4 is 5.32 Å². The number of rotatable bonds is 1. The summed E-state index contributed by atoms with van der Waals surface area (Å²) < 4.78 is 5.05. The van der Waals surface area contributed by atoms with Crippen LogP contribution in [0.4, 0.5) is 0 Å². The first-order valence-electron chi connectivity index (χ1n) is 2.44. The molecular formula is C5H9NO. The molecule has 0 saturated heterocycles. The number of nitrogens with one attached hydrogen (secondary N) is 1. The van der Waals surface area contributed by atoms with E-state index in [1.54, 1.807) is 0 Å². The lowest BCUT2D eigenvalue weighted by Crippen LogP contribution is -2.04. The van der Waals surface area contributed by atoms with Gasteiger partial charge in [-0.25, -0.2) is 0 Å². The summed E-state index contributed by atoms with van der Waals surface area (Å²) in [4.78, 5) is 0. The molecule has 2 nitrogen and oxygen atoms in total. The molecule has 1 aliphatic rings. The SMILES string of the molecule is CNC1=CCCO1. The highest BCUT2D eigenvalue weighted by Gasteiger charge is 1.99. The monoisotopic (exact) mass is 99.1 g/mol. The largest absolute Gasteiger partial charge is 0.479 e. The number of hydrogen-bond acceptors (Lipinski definition) is 2. The Labute approximate surface area is 43.2 Å². The van der Waals surface area contributed by atoms with Gasteiger partial charge in [-0.2, -0.15) is 0 Å². The molecule has 0 spiro atoms. The third-order valence-electron chi connectivity index (χ3n) is 0.952. The van der Waals surface area contributed by atoms with Gasteiger partial charge in [-0.1, -0.05) is 0 Å². The fourth-order valence-corrected chi connectivity index (χ4v) is 0.592. The molecule has 1 aliphatic heterocycles. The molecule has 1 heterocycles. The molecule has 40 valence electrons. The van der Waals surface area contributed by atoms with Crippen LogP contribution in [-0.2, 0) is 4.74 Å². The highest BCUT2D eigenvalue weighted by atomic mass is 16.5. The zero-order chi connectivity index (χ0) is 5.11. The highest BCUT2D eigenvalue weighted by molar-refractivity contribution is 4.93. The minimum absolute atomic E-state index is 0.843. The molecule has 1 N–H and O–H groups in total. The lowest BCUT2D eigenvalue weighted by atomic mass is 10.5. The first-order valence-corrected chi connectivity index (χ1v) is 2.44. The van der Waals surface area contributed by atoms with Gasteiger partial charge in [0.2, 0.25) is 0 Å². The Kier molecular flexibility index (Phi) is 1.20. The quantitative estimate of drug-likeness (QED) is 0.516. The van der Waals surface area contributed by atoms with E-state index in [-0.39, 0.29) is 0 Å². The molecule has 0 aromatic rings. The minimum atomic E-state index is 0.843. The van der Waals surface area contributed by atoms with Crippen molar-refractivity contribution in [3.8, 4) is 0 Å². The van der Waals surface area contributed by atoms with E-state index in [9.17, 15) is 0 Å². The van der Waals surface area contributed by atoms with Gasteiger partial charge in [-0.3, -0.25) is 0 Å². The third-order valence-corrected chi connectivity index (χ3v) is 0.952. The van der Waals surface area contributed by atoms with Crippen molar-refractivity contribution in [3.63, 3.8) is 0 Å². The summed E-state index contributed by atoms with van der Waals surface area (Å²) in [6.07, 6.45) is 3.09. The molecule has 0 saturated carbocycles. The minimum Gasteiger partial charge on any atom is -0.479 e. The summed E-state index contributed by atoms with van der Waals surface area (Å²) in [5.41, 5.74) is 0. The van der Waals surface area contributed by atoms with Gasteiger partial charge in [-0.15, -0.1) is 0 Å². The lowest BCUT2D eigenvalue weighted by molar-refractivity contribution is 0.227. The Balaban J connectivity index is 2.36. The van der Waals surface area contributed by atoms with Crippen LogP contribution in [0, 0.1) is 0 Å². The Morgan fingerprint density at radius 3 is 3.00 bits per heavy atom. The molecular weight excluding hydrogens is 90.1 g/mol. The molecule has 0 radical (unpaired) electrons. The van der Waals surface area contributed by atoms with E-state index >= 15 is 0 Å². The van der Waals surface area contributed by atoms with Crippen LogP contribution >= 0.6 is 0 Å². The van der Waals surface area contributed by atoms with Crippen LogP contribution in [0.2, 0.25) is 0 Å². The zero-order valence-electron chi connectivity index (χ0n) is 4.40. The highest BCUT2D eigenvalue weighted by Crippen LogP contribution is 2.03. The normalized spacial score (nSPS) is 18.1. The summed E-state index contributed by atoms with van der Waals surface area (Å²) >= 11 is 0. The molecule has 1 rings (SSSR count). The summed E-state index contributed by atoms with van der Waals surface area (Å²) in [5, 5.41) is 2.90. The number of hydrogen-bond donors (Lipinski definition) is 1. The summed E-state index contributed by atoms with van der Waals surface area (Å²) in [5.74, 6) is 0.917. The van der Waals surface area contributed by atoms with Crippen molar-refractivity contribution in [1.82, 2.24) is 5.32 Å². The Morgan fingerprint density at radius 2 is 2.71 bits per heavy atom. The topological polar surface area (TPSA) is 21.3 Å². The average molecular weight is 99.1 g/mol. The predicted octanol–water partition coefficient (Wildman–Crippen LogP) is 0.467. The maximum Gasteiger partial charge on any atom is 0.182 e. The first-order chi connectivity index (χ1) is 3.43.